The van der Waals surface area contributed by atoms with Crippen molar-refractivity contribution >= 4 is 17.7 Å². The molecule has 0 unspecified atom stereocenters. The number of nitrogens with zero attached hydrogens (tertiary/aromatic N) is 3. The van der Waals surface area contributed by atoms with Crippen molar-refractivity contribution in [3.05, 3.63) is 75.7 Å². The molecular formula is C17H16N4O2. The monoisotopic (exact) mass is 308 g/mol. The molecule has 0 bridgehead atoms. The number of hydrogen-bond acceptors (Lipinski definition) is 5. The quantitative estimate of drug-likeness (QED) is 0.441. The first-order valence-corrected chi connectivity index (χ1v) is 7.17. The zero-order valence-corrected chi connectivity index (χ0v) is 12.6. The minimum Gasteiger partial charge on any atom is -0.411 e. The van der Waals surface area contributed by atoms with Crippen molar-refractivity contribution in [2.45, 2.75) is 13.5 Å². The summed E-state index contributed by atoms with van der Waals surface area (Å²) in [7, 11) is 0. The van der Waals surface area contributed by atoms with Gasteiger partial charge in [0.15, 0.2) is 0 Å². The third-order valence-corrected chi connectivity index (χ3v) is 3.50. The largest absolute Gasteiger partial charge is 0.411 e. The molecule has 0 saturated heterocycles. The Bertz CT molecular complexity index is 917. The lowest BCUT2D eigenvalue weighted by Crippen LogP contribution is -2.22. The number of aromatic nitrogens is 2. The lowest BCUT2D eigenvalue weighted by atomic mass is 10.2. The predicted molar refractivity (Wildman–Crippen MR) is 89.3 cm³/mol. The second-order valence-corrected chi connectivity index (χ2v) is 5.20. The molecule has 3 aromatic rings. The molecule has 6 heteroatoms. The smallest absolute Gasteiger partial charge is 0.268 e. The maximum absolute atomic E-state index is 12.6. The number of pyridine rings is 1. The standard InChI is InChI=1S/C17H16N4O2/c1-12-7-8-15-20-16(18-9-13-5-3-2-4-6-13)14(10-19-23)17(22)21(15)11-12/h2-8,10-11,18,23H,9H2,1H3/b19-10+. The maximum Gasteiger partial charge on any atom is 0.268 e. The summed E-state index contributed by atoms with van der Waals surface area (Å²) >= 11 is 0. The van der Waals surface area contributed by atoms with E-state index in [1.165, 1.54) is 4.40 Å². The molecule has 1 aromatic carbocycles. The number of benzene rings is 1. The van der Waals surface area contributed by atoms with Crippen molar-refractivity contribution in [2.24, 2.45) is 5.16 Å². The number of anilines is 1. The van der Waals surface area contributed by atoms with Crippen LogP contribution in [0.1, 0.15) is 16.7 Å². The summed E-state index contributed by atoms with van der Waals surface area (Å²) in [6, 6.07) is 13.5. The van der Waals surface area contributed by atoms with Crippen LogP contribution in [0.3, 0.4) is 0 Å². The molecule has 3 rings (SSSR count). The van der Waals surface area contributed by atoms with Gasteiger partial charge in [-0.05, 0) is 24.1 Å². The highest BCUT2D eigenvalue weighted by Gasteiger charge is 2.11. The van der Waals surface area contributed by atoms with Crippen LogP contribution >= 0.6 is 0 Å². The van der Waals surface area contributed by atoms with Crippen LogP contribution in [0.15, 0.2) is 58.6 Å². The predicted octanol–water partition coefficient (Wildman–Crippen LogP) is 2.42. The fourth-order valence-electron chi connectivity index (χ4n) is 2.35. The summed E-state index contributed by atoms with van der Waals surface area (Å²) in [6.45, 7) is 2.41. The van der Waals surface area contributed by atoms with Gasteiger partial charge in [0.2, 0.25) is 0 Å². The van der Waals surface area contributed by atoms with Crippen LogP contribution in [0, 0.1) is 6.92 Å². The summed E-state index contributed by atoms with van der Waals surface area (Å²) in [5.74, 6) is 0.389. The second-order valence-electron chi connectivity index (χ2n) is 5.20. The van der Waals surface area contributed by atoms with Crippen LogP contribution in [-0.4, -0.2) is 20.8 Å². The summed E-state index contributed by atoms with van der Waals surface area (Å²) < 4.78 is 1.44. The van der Waals surface area contributed by atoms with E-state index in [0.29, 0.717) is 18.0 Å². The lowest BCUT2D eigenvalue weighted by Gasteiger charge is -2.10. The van der Waals surface area contributed by atoms with Gasteiger partial charge in [-0.15, -0.1) is 0 Å². The molecule has 2 heterocycles. The normalized spacial score (nSPS) is 11.2. The molecule has 0 radical (unpaired) electrons. The van der Waals surface area contributed by atoms with Crippen LogP contribution in [0.2, 0.25) is 0 Å². The first-order valence-electron chi connectivity index (χ1n) is 7.17. The van der Waals surface area contributed by atoms with Gasteiger partial charge in [-0.3, -0.25) is 9.20 Å². The molecule has 0 atom stereocenters. The molecule has 23 heavy (non-hydrogen) atoms. The molecule has 0 spiro atoms. The molecule has 2 aromatic heterocycles. The fourth-order valence-corrected chi connectivity index (χ4v) is 2.35. The fraction of sp³-hybridized carbons (Fsp3) is 0.118. The van der Waals surface area contributed by atoms with Gasteiger partial charge in [0.25, 0.3) is 5.56 Å². The number of fused-ring (bicyclic) bond motifs is 1. The molecule has 2 N–H and O–H groups in total. The molecular weight excluding hydrogens is 292 g/mol. The highest BCUT2D eigenvalue weighted by Crippen LogP contribution is 2.12. The molecule has 0 aliphatic carbocycles. The Morgan fingerprint density at radius 2 is 2.04 bits per heavy atom. The van der Waals surface area contributed by atoms with E-state index in [1.54, 1.807) is 12.3 Å². The Labute approximate surface area is 132 Å². The first kappa shape index (κ1) is 14.8. The Kier molecular flexibility index (Phi) is 4.05. The average Bonchev–Trinajstić information content (AvgIpc) is 2.57. The average molecular weight is 308 g/mol. The molecule has 0 amide bonds. The van der Waals surface area contributed by atoms with Crippen molar-refractivity contribution in [1.29, 1.82) is 0 Å². The van der Waals surface area contributed by atoms with E-state index in [2.05, 4.69) is 15.5 Å². The van der Waals surface area contributed by atoms with Crippen LogP contribution < -0.4 is 10.9 Å². The Balaban J connectivity index is 2.06. The van der Waals surface area contributed by atoms with E-state index in [9.17, 15) is 4.79 Å². The van der Waals surface area contributed by atoms with Gasteiger partial charge in [0.1, 0.15) is 17.0 Å². The first-order chi connectivity index (χ1) is 11.2. The minimum atomic E-state index is -0.285. The van der Waals surface area contributed by atoms with Gasteiger partial charge in [-0.25, -0.2) is 4.98 Å². The van der Waals surface area contributed by atoms with E-state index in [4.69, 9.17) is 5.21 Å². The number of hydrogen-bond donors (Lipinski definition) is 2. The molecule has 0 saturated carbocycles. The van der Waals surface area contributed by atoms with Gasteiger partial charge < -0.3 is 10.5 Å². The summed E-state index contributed by atoms with van der Waals surface area (Å²) in [6.07, 6.45) is 2.82. The van der Waals surface area contributed by atoms with E-state index in [1.807, 2.05) is 43.3 Å². The van der Waals surface area contributed by atoms with Crippen LogP contribution in [0.4, 0.5) is 5.82 Å². The van der Waals surface area contributed by atoms with E-state index in [-0.39, 0.29) is 11.1 Å². The highest BCUT2D eigenvalue weighted by atomic mass is 16.4. The zero-order valence-electron chi connectivity index (χ0n) is 12.6. The number of rotatable bonds is 4. The van der Waals surface area contributed by atoms with Gasteiger partial charge in [0.05, 0.1) is 6.21 Å². The Morgan fingerprint density at radius 1 is 1.26 bits per heavy atom. The van der Waals surface area contributed by atoms with Crippen molar-refractivity contribution in [3.63, 3.8) is 0 Å². The van der Waals surface area contributed by atoms with Crippen molar-refractivity contribution in [3.8, 4) is 0 Å². The maximum atomic E-state index is 12.6. The topological polar surface area (TPSA) is 79.0 Å². The summed E-state index contributed by atoms with van der Waals surface area (Å²) in [5, 5.41) is 15.0. The van der Waals surface area contributed by atoms with Gasteiger partial charge in [0, 0.05) is 12.7 Å². The van der Waals surface area contributed by atoms with Crippen LogP contribution in [-0.2, 0) is 6.54 Å². The molecule has 0 aliphatic heterocycles. The molecule has 0 aliphatic rings. The number of oxime groups is 1. The van der Waals surface area contributed by atoms with Crippen molar-refractivity contribution in [2.75, 3.05) is 5.32 Å². The number of nitrogens with one attached hydrogen (secondary N) is 1. The second kappa shape index (κ2) is 6.31. The van der Waals surface area contributed by atoms with E-state index in [0.717, 1.165) is 17.3 Å². The molecule has 0 fully saturated rings. The van der Waals surface area contributed by atoms with Crippen molar-refractivity contribution < 1.29 is 5.21 Å². The highest BCUT2D eigenvalue weighted by molar-refractivity contribution is 5.86. The van der Waals surface area contributed by atoms with Crippen LogP contribution in [0.25, 0.3) is 5.65 Å². The van der Waals surface area contributed by atoms with Crippen molar-refractivity contribution in [1.82, 2.24) is 9.38 Å². The third-order valence-electron chi connectivity index (χ3n) is 3.50. The number of aryl methyl sites for hydroxylation is 1. The summed E-state index contributed by atoms with van der Waals surface area (Å²) in [4.78, 5) is 17.0. The molecule has 6 nitrogen and oxygen atoms in total. The molecule has 116 valence electrons. The minimum absolute atomic E-state index is 0.214. The SMILES string of the molecule is Cc1ccc2nc(NCc3ccccc3)c(/C=N/O)c(=O)n2c1. The van der Waals surface area contributed by atoms with Gasteiger partial charge in [-0.1, -0.05) is 41.6 Å². The zero-order chi connectivity index (χ0) is 16.2. The van der Waals surface area contributed by atoms with E-state index < -0.39 is 0 Å². The van der Waals surface area contributed by atoms with Gasteiger partial charge >= 0.3 is 0 Å². The summed E-state index contributed by atoms with van der Waals surface area (Å²) in [5.41, 5.74) is 2.47. The Morgan fingerprint density at radius 3 is 2.78 bits per heavy atom. The lowest BCUT2D eigenvalue weighted by molar-refractivity contribution is 0.322. The Hall–Kier alpha value is -3.15. The van der Waals surface area contributed by atoms with E-state index >= 15 is 0 Å². The van der Waals surface area contributed by atoms with Gasteiger partial charge in [-0.2, -0.15) is 0 Å². The third kappa shape index (κ3) is 3.06. The van der Waals surface area contributed by atoms with Crippen LogP contribution in [0.5, 0.6) is 0 Å².